The maximum absolute atomic E-state index is 12.3. The number of carbonyl (C=O) groups excluding carboxylic acids is 1. The molecule has 0 unspecified atom stereocenters. The van der Waals surface area contributed by atoms with Gasteiger partial charge in [-0.3, -0.25) is 4.79 Å². The average Bonchev–Trinajstić information content (AvgIpc) is 2.88. The van der Waals surface area contributed by atoms with Crippen molar-refractivity contribution in [1.29, 1.82) is 0 Å². The second kappa shape index (κ2) is 5.44. The smallest absolute Gasteiger partial charge is 0.335 e. The van der Waals surface area contributed by atoms with Crippen molar-refractivity contribution in [3.63, 3.8) is 0 Å². The number of carboxylic acid groups (broad SMARTS) is 1. The monoisotopic (exact) mass is 293 g/mol. The molecule has 0 aliphatic carbocycles. The second-order valence-corrected chi connectivity index (χ2v) is 5.03. The summed E-state index contributed by atoms with van der Waals surface area (Å²) in [6.07, 6.45) is -3.31. The van der Waals surface area contributed by atoms with Gasteiger partial charge in [0.1, 0.15) is 6.10 Å². The molecule has 0 aromatic heterocycles. The van der Waals surface area contributed by atoms with Crippen molar-refractivity contribution >= 4 is 11.9 Å². The zero-order chi connectivity index (χ0) is 15.0. The number of carbonyl (C=O) groups is 2. The Morgan fingerprint density at radius 3 is 2.57 bits per heavy atom. The predicted molar refractivity (Wildman–Crippen MR) is 69.0 cm³/mol. The van der Waals surface area contributed by atoms with E-state index in [1.807, 2.05) is 30.3 Å². The van der Waals surface area contributed by atoms with E-state index in [2.05, 4.69) is 0 Å². The Balaban J connectivity index is 1.86. The molecule has 2 N–H and O–H groups in total. The summed E-state index contributed by atoms with van der Waals surface area (Å²) >= 11 is 0. The molecule has 7 heteroatoms. The van der Waals surface area contributed by atoms with Crippen LogP contribution in [0.4, 0.5) is 0 Å². The molecule has 0 spiro atoms. The summed E-state index contributed by atoms with van der Waals surface area (Å²) in [5.41, 5.74) is 0.887. The third-order valence-electron chi connectivity index (χ3n) is 3.74. The number of hydrogen-bond donors (Lipinski definition) is 2. The van der Waals surface area contributed by atoms with Gasteiger partial charge in [-0.25, -0.2) is 4.79 Å². The quantitative estimate of drug-likeness (QED) is 0.783. The van der Waals surface area contributed by atoms with Gasteiger partial charge in [-0.1, -0.05) is 30.3 Å². The lowest BCUT2D eigenvalue weighted by atomic mass is 10.0. The van der Waals surface area contributed by atoms with Crippen LogP contribution in [0, 0.1) is 0 Å². The largest absolute Gasteiger partial charge is 0.479 e. The third kappa shape index (κ3) is 2.39. The van der Waals surface area contributed by atoms with Gasteiger partial charge in [0.25, 0.3) is 5.91 Å². The molecule has 2 fully saturated rings. The number of benzene rings is 1. The standard InChI is InChI=1S/C14H15NO6/c16-7-9-10-11(13(18)19)21-14(20-10)12(17)15(9)6-8-4-2-1-3-5-8/h1-5,9-11,14,16H,6-7H2,(H,18,19)/t9-,10+,11+,14-/m0/s1. The first-order chi connectivity index (χ1) is 10.1. The van der Waals surface area contributed by atoms with Crippen LogP contribution in [0.5, 0.6) is 0 Å². The lowest BCUT2D eigenvalue weighted by molar-refractivity contribution is -0.181. The van der Waals surface area contributed by atoms with Gasteiger partial charge >= 0.3 is 5.97 Å². The molecule has 1 amide bonds. The fourth-order valence-corrected chi connectivity index (χ4v) is 2.72. The van der Waals surface area contributed by atoms with E-state index in [0.29, 0.717) is 0 Å². The highest BCUT2D eigenvalue weighted by Crippen LogP contribution is 2.32. The van der Waals surface area contributed by atoms with Crippen LogP contribution in [0.15, 0.2) is 30.3 Å². The van der Waals surface area contributed by atoms with E-state index in [0.717, 1.165) is 5.56 Å². The fraction of sp³-hybridized carbons (Fsp3) is 0.429. The maximum atomic E-state index is 12.3. The number of aliphatic carboxylic acids is 1. The summed E-state index contributed by atoms with van der Waals surface area (Å²) in [6, 6.07) is 8.53. The van der Waals surface area contributed by atoms with Gasteiger partial charge in [0, 0.05) is 6.54 Å². The first-order valence-electron chi connectivity index (χ1n) is 6.61. The Bertz CT molecular complexity index is 548. The van der Waals surface area contributed by atoms with Gasteiger partial charge in [-0.15, -0.1) is 0 Å². The Kier molecular flexibility index (Phi) is 3.62. The molecule has 1 aromatic carbocycles. The SMILES string of the molecule is O=C(O)[C@@H]1O[C@@H]2O[C@@H]1[C@H](CO)N(Cc1ccccc1)C2=O. The minimum atomic E-state index is -1.24. The van der Waals surface area contributed by atoms with E-state index in [-0.39, 0.29) is 13.2 Å². The van der Waals surface area contributed by atoms with Crippen LogP contribution < -0.4 is 0 Å². The van der Waals surface area contributed by atoms with Crippen LogP contribution in [0.1, 0.15) is 5.56 Å². The Morgan fingerprint density at radius 1 is 1.24 bits per heavy atom. The molecule has 21 heavy (non-hydrogen) atoms. The number of aliphatic hydroxyl groups excluding tert-OH is 1. The second-order valence-electron chi connectivity index (χ2n) is 5.03. The van der Waals surface area contributed by atoms with Gasteiger partial charge in [0.2, 0.25) is 6.29 Å². The van der Waals surface area contributed by atoms with E-state index in [1.165, 1.54) is 4.90 Å². The molecule has 4 atom stereocenters. The average molecular weight is 293 g/mol. The topological polar surface area (TPSA) is 96.3 Å². The van der Waals surface area contributed by atoms with Crippen molar-refractivity contribution in [2.24, 2.45) is 0 Å². The van der Waals surface area contributed by atoms with Crippen molar-refractivity contribution in [2.75, 3.05) is 6.61 Å². The van der Waals surface area contributed by atoms with Gasteiger partial charge in [-0.05, 0) is 5.56 Å². The molecule has 3 rings (SSSR count). The molecule has 0 radical (unpaired) electrons. The zero-order valence-electron chi connectivity index (χ0n) is 11.1. The Hall–Kier alpha value is -1.96. The molecule has 2 bridgehead atoms. The Labute approximate surface area is 120 Å². The van der Waals surface area contributed by atoms with Gasteiger partial charge in [0.05, 0.1) is 12.6 Å². The third-order valence-corrected chi connectivity index (χ3v) is 3.74. The molecule has 0 saturated carbocycles. The van der Waals surface area contributed by atoms with E-state index in [1.54, 1.807) is 0 Å². The molecular formula is C14H15NO6. The van der Waals surface area contributed by atoms with E-state index < -0.39 is 36.4 Å². The summed E-state index contributed by atoms with van der Waals surface area (Å²) < 4.78 is 10.4. The number of carboxylic acids is 1. The van der Waals surface area contributed by atoms with Gasteiger partial charge < -0.3 is 24.6 Å². The molecule has 112 valence electrons. The van der Waals surface area contributed by atoms with Crippen LogP contribution >= 0.6 is 0 Å². The molecule has 1 aromatic rings. The van der Waals surface area contributed by atoms with Crippen molar-refractivity contribution in [3.05, 3.63) is 35.9 Å². The zero-order valence-corrected chi connectivity index (χ0v) is 11.1. The first kappa shape index (κ1) is 14.0. The van der Waals surface area contributed by atoms with Crippen LogP contribution in [0.25, 0.3) is 0 Å². The van der Waals surface area contributed by atoms with Crippen molar-refractivity contribution in [2.45, 2.75) is 31.1 Å². The van der Waals surface area contributed by atoms with Crippen LogP contribution in [0.3, 0.4) is 0 Å². The molecule has 2 aliphatic heterocycles. The Morgan fingerprint density at radius 2 is 1.95 bits per heavy atom. The highest BCUT2D eigenvalue weighted by molar-refractivity contribution is 5.83. The number of amides is 1. The van der Waals surface area contributed by atoms with Crippen molar-refractivity contribution in [3.8, 4) is 0 Å². The molecule has 2 saturated heterocycles. The highest BCUT2D eigenvalue weighted by atomic mass is 16.7. The lowest BCUT2D eigenvalue weighted by Gasteiger charge is -2.37. The number of hydrogen-bond acceptors (Lipinski definition) is 5. The molecule has 2 heterocycles. The highest BCUT2D eigenvalue weighted by Gasteiger charge is 2.55. The summed E-state index contributed by atoms with van der Waals surface area (Å²) in [4.78, 5) is 24.9. The molecule has 2 aliphatic rings. The predicted octanol–water partition coefficient (Wildman–Crippen LogP) is -0.416. The number of fused-ring (bicyclic) bond motifs is 2. The van der Waals surface area contributed by atoms with E-state index in [9.17, 15) is 14.7 Å². The summed E-state index contributed by atoms with van der Waals surface area (Å²) in [5.74, 6) is -1.66. The minimum Gasteiger partial charge on any atom is -0.479 e. The number of nitrogens with zero attached hydrogens (tertiary/aromatic N) is 1. The van der Waals surface area contributed by atoms with Crippen LogP contribution in [-0.2, 0) is 25.6 Å². The first-order valence-corrected chi connectivity index (χ1v) is 6.61. The number of morpholine rings is 1. The van der Waals surface area contributed by atoms with E-state index in [4.69, 9.17) is 14.6 Å². The van der Waals surface area contributed by atoms with Crippen LogP contribution in [0.2, 0.25) is 0 Å². The maximum Gasteiger partial charge on any atom is 0.335 e. The number of aliphatic hydroxyl groups is 1. The summed E-state index contributed by atoms with van der Waals surface area (Å²) in [7, 11) is 0. The number of rotatable bonds is 4. The summed E-state index contributed by atoms with van der Waals surface area (Å²) in [6.45, 7) is -0.111. The van der Waals surface area contributed by atoms with Crippen LogP contribution in [-0.4, -0.2) is 58.1 Å². The number of ether oxygens (including phenoxy) is 2. The molecule has 7 nitrogen and oxygen atoms in total. The molecular weight excluding hydrogens is 278 g/mol. The fourth-order valence-electron chi connectivity index (χ4n) is 2.72. The van der Waals surface area contributed by atoms with E-state index >= 15 is 0 Å². The minimum absolute atomic E-state index is 0.275. The van der Waals surface area contributed by atoms with Crippen molar-refractivity contribution in [1.82, 2.24) is 4.90 Å². The van der Waals surface area contributed by atoms with Gasteiger partial charge in [-0.2, -0.15) is 0 Å². The lowest BCUT2D eigenvalue weighted by Crippen LogP contribution is -2.57. The van der Waals surface area contributed by atoms with Crippen molar-refractivity contribution < 1.29 is 29.3 Å². The normalized spacial score (nSPS) is 31.5. The summed E-state index contributed by atoms with van der Waals surface area (Å²) in [5, 5.41) is 18.7. The van der Waals surface area contributed by atoms with Gasteiger partial charge in [0.15, 0.2) is 6.10 Å².